The van der Waals surface area contributed by atoms with E-state index in [1.165, 1.54) is 6.07 Å². The van der Waals surface area contributed by atoms with Gasteiger partial charge in [-0.2, -0.15) is 0 Å². The molecular weight excluding hydrogens is 255 g/mol. The molecule has 0 saturated carbocycles. The van der Waals surface area contributed by atoms with Crippen LogP contribution in [0, 0.1) is 5.82 Å². The first-order chi connectivity index (χ1) is 9.59. The van der Waals surface area contributed by atoms with Crippen LogP contribution in [0.1, 0.15) is 18.4 Å². The van der Waals surface area contributed by atoms with Gasteiger partial charge >= 0.3 is 0 Å². The van der Waals surface area contributed by atoms with Crippen LogP contribution in [0.15, 0.2) is 54.6 Å². The van der Waals surface area contributed by atoms with E-state index in [0.29, 0.717) is 0 Å². The van der Waals surface area contributed by atoms with Crippen LogP contribution in [0.3, 0.4) is 0 Å². The first kappa shape index (κ1) is 14.1. The lowest BCUT2D eigenvalue weighted by molar-refractivity contribution is -0.119. The molecule has 0 aromatic heterocycles. The molecule has 3 nitrogen and oxygen atoms in total. The van der Waals surface area contributed by atoms with E-state index in [4.69, 9.17) is 5.73 Å². The van der Waals surface area contributed by atoms with Crippen LogP contribution in [-0.4, -0.2) is 11.9 Å². The molecular formula is C16H17FN2O. The van der Waals surface area contributed by atoms with Crippen LogP contribution < -0.4 is 11.1 Å². The van der Waals surface area contributed by atoms with Gasteiger partial charge in [-0.15, -0.1) is 0 Å². The molecule has 0 fully saturated rings. The molecule has 2 atom stereocenters. The van der Waals surface area contributed by atoms with Crippen molar-refractivity contribution in [2.75, 3.05) is 5.32 Å². The average Bonchev–Trinajstić information content (AvgIpc) is 2.46. The summed E-state index contributed by atoms with van der Waals surface area (Å²) in [6, 6.07) is 15.1. The quantitative estimate of drug-likeness (QED) is 0.879. The van der Waals surface area contributed by atoms with Gasteiger partial charge in [0.25, 0.3) is 0 Å². The number of halogens is 1. The van der Waals surface area contributed by atoms with Crippen LogP contribution in [-0.2, 0) is 4.79 Å². The summed E-state index contributed by atoms with van der Waals surface area (Å²) in [6.07, 6.45) is 0. The van der Waals surface area contributed by atoms with E-state index >= 15 is 0 Å². The van der Waals surface area contributed by atoms with E-state index < -0.39 is 17.8 Å². The zero-order valence-corrected chi connectivity index (χ0v) is 11.2. The van der Waals surface area contributed by atoms with E-state index in [1.807, 2.05) is 37.3 Å². The molecule has 0 aliphatic rings. The van der Waals surface area contributed by atoms with E-state index in [2.05, 4.69) is 5.32 Å². The molecule has 1 amide bonds. The number of primary amides is 1. The lowest BCUT2D eigenvalue weighted by Crippen LogP contribution is -2.39. The minimum absolute atomic E-state index is 0.159. The van der Waals surface area contributed by atoms with Crippen LogP contribution in [0.2, 0.25) is 0 Å². The third-order valence-electron chi connectivity index (χ3n) is 3.32. The SMILES string of the molecule is CC(c1ccccc1)C(Nc1ccccc1F)C(N)=O. The molecule has 0 radical (unpaired) electrons. The third-order valence-corrected chi connectivity index (χ3v) is 3.32. The monoisotopic (exact) mass is 272 g/mol. The Bertz CT molecular complexity index is 586. The topological polar surface area (TPSA) is 55.1 Å². The molecule has 2 unspecified atom stereocenters. The molecule has 20 heavy (non-hydrogen) atoms. The van der Waals surface area contributed by atoms with Crippen molar-refractivity contribution < 1.29 is 9.18 Å². The second kappa shape index (κ2) is 6.19. The molecule has 0 bridgehead atoms. The molecule has 3 N–H and O–H groups in total. The summed E-state index contributed by atoms with van der Waals surface area (Å²) in [5, 5.41) is 2.90. The number of hydrogen-bond acceptors (Lipinski definition) is 2. The molecule has 2 rings (SSSR count). The van der Waals surface area contributed by atoms with Gasteiger partial charge in [-0.05, 0) is 17.7 Å². The van der Waals surface area contributed by atoms with Crippen molar-refractivity contribution in [1.29, 1.82) is 0 Å². The highest BCUT2D eigenvalue weighted by Crippen LogP contribution is 2.23. The van der Waals surface area contributed by atoms with E-state index in [9.17, 15) is 9.18 Å². The van der Waals surface area contributed by atoms with E-state index in [-0.39, 0.29) is 11.6 Å². The Hall–Kier alpha value is -2.36. The van der Waals surface area contributed by atoms with Crippen LogP contribution in [0.25, 0.3) is 0 Å². The van der Waals surface area contributed by atoms with Crippen molar-refractivity contribution >= 4 is 11.6 Å². The highest BCUT2D eigenvalue weighted by molar-refractivity contribution is 5.84. The number of anilines is 1. The molecule has 0 heterocycles. The molecule has 4 heteroatoms. The molecule has 0 saturated heterocycles. The number of rotatable bonds is 5. The van der Waals surface area contributed by atoms with Crippen LogP contribution in [0.5, 0.6) is 0 Å². The Morgan fingerprint density at radius 1 is 1.10 bits per heavy atom. The van der Waals surface area contributed by atoms with Crippen molar-refractivity contribution in [3.8, 4) is 0 Å². The summed E-state index contributed by atoms with van der Waals surface area (Å²) < 4.78 is 13.7. The summed E-state index contributed by atoms with van der Waals surface area (Å²) in [4.78, 5) is 11.7. The standard InChI is InChI=1S/C16H17FN2O/c1-11(12-7-3-2-4-8-12)15(16(18)20)19-14-10-6-5-9-13(14)17/h2-11,15,19H,1H3,(H2,18,20). The molecule has 0 aliphatic heterocycles. The lowest BCUT2D eigenvalue weighted by Gasteiger charge is -2.24. The summed E-state index contributed by atoms with van der Waals surface area (Å²) >= 11 is 0. The number of nitrogens with one attached hydrogen (secondary N) is 1. The number of hydrogen-bond donors (Lipinski definition) is 2. The van der Waals surface area contributed by atoms with Gasteiger partial charge in [-0.3, -0.25) is 4.79 Å². The van der Waals surface area contributed by atoms with Gasteiger partial charge < -0.3 is 11.1 Å². The number of benzene rings is 2. The smallest absolute Gasteiger partial charge is 0.240 e. The number of amides is 1. The van der Waals surface area contributed by atoms with E-state index in [1.54, 1.807) is 18.2 Å². The Balaban J connectivity index is 2.24. The number of carbonyl (C=O) groups excluding carboxylic acids is 1. The summed E-state index contributed by atoms with van der Waals surface area (Å²) in [7, 11) is 0. The fraction of sp³-hybridized carbons (Fsp3) is 0.188. The van der Waals surface area contributed by atoms with Crippen molar-refractivity contribution in [2.24, 2.45) is 5.73 Å². The minimum Gasteiger partial charge on any atom is -0.371 e. The molecule has 2 aromatic rings. The number of nitrogens with two attached hydrogens (primary N) is 1. The van der Waals surface area contributed by atoms with Crippen molar-refractivity contribution in [3.63, 3.8) is 0 Å². The van der Waals surface area contributed by atoms with Gasteiger partial charge in [0.1, 0.15) is 11.9 Å². The Morgan fingerprint density at radius 2 is 1.70 bits per heavy atom. The fourth-order valence-corrected chi connectivity index (χ4v) is 2.14. The third kappa shape index (κ3) is 3.15. The second-order valence-electron chi connectivity index (χ2n) is 4.70. The molecule has 0 aliphatic carbocycles. The summed E-state index contributed by atoms with van der Waals surface area (Å²) in [5.41, 5.74) is 6.70. The zero-order valence-electron chi connectivity index (χ0n) is 11.2. The lowest BCUT2D eigenvalue weighted by atomic mass is 9.92. The Labute approximate surface area is 117 Å². The van der Waals surface area contributed by atoms with Gasteiger partial charge in [0.2, 0.25) is 5.91 Å². The normalized spacial score (nSPS) is 13.5. The van der Waals surface area contributed by atoms with Crippen molar-refractivity contribution in [2.45, 2.75) is 18.9 Å². The maximum absolute atomic E-state index is 13.7. The minimum atomic E-state index is -0.672. The first-order valence-corrected chi connectivity index (χ1v) is 6.45. The van der Waals surface area contributed by atoms with Crippen molar-refractivity contribution in [1.82, 2.24) is 0 Å². The second-order valence-corrected chi connectivity index (χ2v) is 4.70. The van der Waals surface area contributed by atoms with Gasteiger partial charge in [0, 0.05) is 5.92 Å². The number of carbonyl (C=O) groups is 1. The molecule has 0 spiro atoms. The van der Waals surface area contributed by atoms with Crippen molar-refractivity contribution in [3.05, 3.63) is 66.0 Å². The molecule has 104 valence electrons. The highest BCUT2D eigenvalue weighted by Gasteiger charge is 2.24. The first-order valence-electron chi connectivity index (χ1n) is 6.45. The predicted molar refractivity (Wildman–Crippen MR) is 77.9 cm³/mol. The van der Waals surface area contributed by atoms with Crippen LogP contribution >= 0.6 is 0 Å². The van der Waals surface area contributed by atoms with Gasteiger partial charge in [-0.1, -0.05) is 49.4 Å². The Kier molecular flexibility index (Phi) is 4.35. The number of para-hydroxylation sites is 1. The van der Waals surface area contributed by atoms with E-state index in [0.717, 1.165) is 5.56 Å². The van der Waals surface area contributed by atoms with Gasteiger partial charge in [0.15, 0.2) is 0 Å². The van der Waals surface area contributed by atoms with Gasteiger partial charge in [-0.25, -0.2) is 4.39 Å². The van der Waals surface area contributed by atoms with Crippen LogP contribution in [0.4, 0.5) is 10.1 Å². The zero-order chi connectivity index (χ0) is 14.5. The Morgan fingerprint density at radius 3 is 2.30 bits per heavy atom. The van der Waals surface area contributed by atoms with Gasteiger partial charge in [0.05, 0.1) is 5.69 Å². The fourth-order valence-electron chi connectivity index (χ4n) is 2.14. The predicted octanol–water partition coefficient (Wildman–Crippen LogP) is 2.90. The largest absolute Gasteiger partial charge is 0.371 e. The molecule has 2 aromatic carbocycles. The highest BCUT2D eigenvalue weighted by atomic mass is 19.1. The average molecular weight is 272 g/mol. The summed E-state index contributed by atoms with van der Waals surface area (Å²) in [6.45, 7) is 1.89. The maximum atomic E-state index is 13.7. The maximum Gasteiger partial charge on any atom is 0.240 e. The summed E-state index contributed by atoms with van der Waals surface area (Å²) in [5.74, 6) is -1.07.